The first-order chi connectivity index (χ1) is 15.1. The zero-order valence-corrected chi connectivity index (χ0v) is 22.8. The molecule has 0 saturated heterocycles. The van der Waals surface area contributed by atoms with Crippen LogP contribution in [0.15, 0.2) is 48.5 Å². The second-order valence-electron chi connectivity index (χ2n) is 8.58. The van der Waals surface area contributed by atoms with Gasteiger partial charge in [0.15, 0.2) is 0 Å². The van der Waals surface area contributed by atoms with Crippen LogP contribution in [0.25, 0.3) is 9.67 Å². The molecule has 0 atom stereocenters. The van der Waals surface area contributed by atoms with E-state index in [1.807, 2.05) is 24.3 Å². The molecule has 0 amide bonds. The van der Waals surface area contributed by atoms with E-state index in [-0.39, 0.29) is 0 Å². The van der Waals surface area contributed by atoms with Crippen molar-refractivity contribution in [1.82, 2.24) is 0 Å². The molecule has 0 aliphatic heterocycles. The third kappa shape index (κ3) is 7.14. The van der Waals surface area contributed by atoms with Gasteiger partial charge in [-0.2, -0.15) is 0 Å². The van der Waals surface area contributed by atoms with Crippen LogP contribution in [0.5, 0.6) is 5.75 Å². The Morgan fingerprint density at radius 1 is 0.871 bits per heavy atom. The molecule has 0 fully saturated rings. The van der Waals surface area contributed by atoms with Crippen molar-refractivity contribution in [2.75, 3.05) is 7.11 Å². The van der Waals surface area contributed by atoms with Crippen LogP contribution in [0.3, 0.4) is 0 Å². The number of ether oxygens (including phenoxy) is 1. The maximum absolute atomic E-state index is 9.93. The van der Waals surface area contributed by atoms with Gasteiger partial charge in [0.2, 0.25) is 0 Å². The van der Waals surface area contributed by atoms with Crippen LogP contribution in [0.1, 0.15) is 76.0 Å². The van der Waals surface area contributed by atoms with E-state index in [4.69, 9.17) is 4.74 Å². The summed E-state index contributed by atoms with van der Waals surface area (Å²) in [6.07, 6.45) is 10.1. The van der Waals surface area contributed by atoms with Gasteiger partial charge in [0.25, 0.3) is 0 Å². The Morgan fingerprint density at radius 3 is 1.90 bits per heavy atom. The zero-order chi connectivity index (χ0) is 22.5. The normalized spacial score (nSPS) is 11.9. The molecule has 0 aromatic heterocycles. The third-order valence-electron chi connectivity index (χ3n) is 6.36. The molecule has 166 valence electrons. The molecule has 2 rings (SSSR count). The number of hydrogen-bond donors (Lipinski definition) is 0. The second-order valence-corrected chi connectivity index (χ2v) is 21.7. The summed E-state index contributed by atoms with van der Waals surface area (Å²) in [4.78, 5) is 0. The molecule has 2 aromatic rings. The fourth-order valence-electron chi connectivity index (χ4n) is 4.52. The first kappa shape index (κ1) is 25.5. The van der Waals surface area contributed by atoms with Crippen LogP contribution in [-0.2, 0) is 0 Å². The van der Waals surface area contributed by atoms with E-state index in [0.717, 1.165) is 11.3 Å². The van der Waals surface area contributed by atoms with Gasteiger partial charge in [-0.15, -0.1) is 0 Å². The minimum absolute atomic E-state index is 0.827. The number of hydrogen-bond acceptors (Lipinski definition) is 2. The van der Waals surface area contributed by atoms with Crippen LogP contribution in [0.4, 0.5) is 0 Å². The molecule has 0 bridgehead atoms. The Labute approximate surface area is 194 Å². The van der Waals surface area contributed by atoms with Gasteiger partial charge in [0.05, 0.1) is 0 Å². The summed E-state index contributed by atoms with van der Waals surface area (Å²) >= 11 is -2.77. The summed E-state index contributed by atoms with van der Waals surface area (Å²) in [5.74, 6) is 0.883. The molecule has 2 aromatic carbocycles. The molecule has 0 aliphatic rings. The van der Waals surface area contributed by atoms with E-state index < -0.39 is 18.4 Å². The molecule has 2 nitrogen and oxygen atoms in total. The van der Waals surface area contributed by atoms with E-state index in [0.29, 0.717) is 0 Å². The van der Waals surface area contributed by atoms with Crippen molar-refractivity contribution in [2.45, 2.75) is 72.6 Å². The molecular weight excluding hydrogens is 485 g/mol. The molecule has 0 spiro atoms. The fraction of sp³-hybridized carbons (Fsp3) is 0.464. The topological polar surface area (TPSA) is 33.0 Å². The summed E-state index contributed by atoms with van der Waals surface area (Å²) in [5.41, 5.74) is 3.24. The van der Waals surface area contributed by atoms with Crippen LogP contribution in [0, 0.1) is 11.3 Å². The summed E-state index contributed by atoms with van der Waals surface area (Å²) in [7, 11) is 1.71. The Kier molecular flexibility index (Phi) is 11.2. The molecule has 31 heavy (non-hydrogen) atoms. The number of rotatable bonds is 13. The van der Waals surface area contributed by atoms with Crippen molar-refractivity contribution in [1.29, 1.82) is 5.26 Å². The summed E-state index contributed by atoms with van der Waals surface area (Å²) in [6.45, 7) is 6.94. The van der Waals surface area contributed by atoms with Gasteiger partial charge in [-0.3, -0.25) is 0 Å². The second kappa shape index (κ2) is 13.6. The molecule has 0 heterocycles. The van der Waals surface area contributed by atoms with Crippen molar-refractivity contribution >= 4 is 28.0 Å². The van der Waals surface area contributed by atoms with Crippen LogP contribution < -0.4 is 4.74 Å². The van der Waals surface area contributed by atoms with Crippen molar-refractivity contribution in [3.05, 3.63) is 65.2 Å². The molecular formula is C28H39NOSn. The predicted molar refractivity (Wildman–Crippen MR) is 137 cm³/mol. The molecule has 3 heteroatoms. The van der Waals surface area contributed by atoms with Crippen molar-refractivity contribution in [3.8, 4) is 11.8 Å². The van der Waals surface area contributed by atoms with E-state index in [1.165, 1.54) is 63.0 Å². The number of methoxy groups -OCH3 is 1. The Morgan fingerprint density at radius 2 is 1.42 bits per heavy atom. The average Bonchev–Trinajstić information content (AvgIpc) is 2.83. The first-order valence-corrected chi connectivity index (χ1v) is 19.5. The Bertz CT molecular complexity index is 842. The molecule has 0 saturated carbocycles. The van der Waals surface area contributed by atoms with E-state index in [9.17, 15) is 5.26 Å². The summed E-state index contributed by atoms with van der Waals surface area (Å²) in [5, 5.41) is 9.93. The molecule has 0 unspecified atom stereocenters. The summed E-state index contributed by atoms with van der Waals surface area (Å²) < 4.78 is 11.1. The summed E-state index contributed by atoms with van der Waals surface area (Å²) in [6, 6.07) is 19.2. The van der Waals surface area contributed by atoms with Gasteiger partial charge in [0.1, 0.15) is 0 Å². The molecule has 0 N–H and O–H groups in total. The first-order valence-electron chi connectivity index (χ1n) is 12.0. The quantitative estimate of drug-likeness (QED) is 0.195. The Balaban J connectivity index is 2.72. The van der Waals surface area contributed by atoms with E-state index in [2.05, 4.69) is 57.2 Å². The van der Waals surface area contributed by atoms with Crippen molar-refractivity contribution in [3.63, 3.8) is 0 Å². The zero-order valence-electron chi connectivity index (χ0n) is 19.9. The van der Waals surface area contributed by atoms with Crippen molar-refractivity contribution < 1.29 is 4.74 Å². The van der Waals surface area contributed by atoms with Crippen LogP contribution >= 0.6 is 0 Å². The van der Waals surface area contributed by atoms with Gasteiger partial charge in [-0.05, 0) is 0 Å². The van der Waals surface area contributed by atoms with Gasteiger partial charge in [-0.25, -0.2) is 0 Å². The molecule has 0 aliphatic carbocycles. The Hall–Kier alpha value is -1.73. The van der Waals surface area contributed by atoms with Crippen LogP contribution in [-0.4, -0.2) is 25.5 Å². The standard InChI is InChI=1S/C16H12NO.3C4H9.Sn/c1-18-16-10-7-13(8-11-16)6-9-14-4-2-3-5-15(14)12-17;3*1-3-4-2;/h2-8,10-11H,1H3;3*1,3-4H2,2H3;. The minimum atomic E-state index is -2.77. The number of unbranched alkanes of at least 4 members (excludes halogenated alkanes) is 3. The molecule has 0 radical (unpaired) electrons. The maximum atomic E-state index is 9.93. The predicted octanol–water partition coefficient (Wildman–Crippen LogP) is 8.50. The number of nitrogens with zero attached hydrogens (tertiary/aromatic N) is 1. The fourth-order valence-corrected chi connectivity index (χ4v) is 21.4. The van der Waals surface area contributed by atoms with Gasteiger partial charge < -0.3 is 0 Å². The van der Waals surface area contributed by atoms with Crippen molar-refractivity contribution in [2.24, 2.45) is 0 Å². The number of nitriles is 1. The number of benzene rings is 2. The third-order valence-corrected chi connectivity index (χ3v) is 22.0. The van der Waals surface area contributed by atoms with E-state index in [1.54, 1.807) is 10.7 Å². The van der Waals surface area contributed by atoms with Gasteiger partial charge in [0, 0.05) is 0 Å². The van der Waals surface area contributed by atoms with Gasteiger partial charge >= 0.3 is 195 Å². The van der Waals surface area contributed by atoms with E-state index >= 15 is 0 Å². The SMILES string of the molecule is CCC[CH2][Sn]([CH2]CCC)([CH2]CCC)/[C](=C\c1ccc(OC)cc1)c1ccccc1C#N. The van der Waals surface area contributed by atoms with Gasteiger partial charge in [-0.1, -0.05) is 0 Å². The average molecular weight is 524 g/mol. The van der Waals surface area contributed by atoms with Crippen LogP contribution in [0.2, 0.25) is 13.3 Å². The monoisotopic (exact) mass is 525 g/mol.